The molecule has 2 aromatic heterocycles. The van der Waals surface area contributed by atoms with Gasteiger partial charge in [-0.3, -0.25) is 9.78 Å². The number of carboxylic acids is 1. The Morgan fingerprint density at radius 2 is 1.76 bits per heavy atom. The molecule has 0 spiro atoms. The molecule has 3 N–H and O–H groups in total. The highest BCUT2D eigenvalue weighted by atomic mass is 35.5. The number of anilines is 1. The molecule has 1 atom stereocenters. The smallest absolute Gasteiger partial charge is 0.306 e. The summed E-state index contributed by atoms with van der Waals surface area (Å²) < 4.78 is 29.5. The molecule has 0 bridgehead atoms. The second-order valence-corrected chi connectivity index (χ2v) is 10.1. The van der Waals surface area contributed by atoms with E-state index in [0.29, 0.717) is 45.6 Å². The molecule has 4 aromatic rings. The molecule has 196 valence electrons. The second kappa shape index (κ2) is 10.2. The van der Waals surface area contributed by atoms with Gasteiger partial charge in [0.05, 0.1) is 28.2 Å². The molecule has 1 aliphatic carbocycles. The molecular formula is C28H25ClF2N4O3. The standard InChI is InChI=1S/C28H25ClF2N4O3/c1-15(18-4-2-3-5-22(18)30)35-25-20-10-19(23(31)11-24(20)32-14-21(25)29)17-12-33-27(34-13-17)28(38)8-6-16(7-9-28)26(36)37/h2-5,10-16,38H,6-9H2,1H3,(H,32,35)(H,36,37). The summed E-state index contributed by atoms with van der Waals surface area (Å²) in [5, 5.41) is 24.3. The third-order valence-electron chi connectivity index (χ3n) is 7.18. The summed E-state index contributed by atoms with van der Waals surface area (Å²) in [5.74, 6) is -2.09. The minimum absolute atomic E-state index is 0.178. The quantitative estimate of drug-likeness (QED) is 0.266. The van der Waals surface area contributed by atoms with Gasteiger partial charge in [-0.05, 0) is 44.7 Å². The van der Waals surface area contributed by atoms with Crippen LogP contribution < -0.4 is 5.32 Å². The van der Waals surface area contributed by atoms with Gasteiger partial charge in [0.1, 0.15) is 17.2 Å². The maximum atomic E-state index is 15.2. The zero-order valence-electron chi connectivity index (χ0n) is 20.5. The first-order chi connectivity index (χ1) is 18.2. The summed E-state index contributed by atoms with van der Waals surface area (Å²) in [6, 6.07) is 8.85. The van der Waals surface area contributed by atoms with Crippen molar-refractivity contribution in [3.05, 3.63) is 83.0 Å². The predicted octanol–water partition coefficient (Wildman–Crippen LogP) is 6.26. The van der Waals surface area contributed by atoms with Crippen LogP contribution in [-0.4, -0.2) is 31.1 Å². The van der Waals surface area contributed by atoms with E-state index >= 15 is 4.39 Å². The van der Waals surface area contributed by atoms with Gasteiger partial charge in [-0.2, -0.15) is 0 Å². The normalized spacial score (nSPS) is 20.3. The van der Waals surface area contributed by atoms with Crippen LogP contribution in [0.4, 0.5) is 14.5 Å². The number of carbonyl (C=O) groups is 1. The van der Waals surface area contributed by atoms with Gasteiger partial charge < -0.3 is 15.5 Å². The highest BCUT2D eigenvalue weighted by molar-refractivity contribution is 6.34. The maximum Gasteiger partial charge on any atom is 0.306 e. The summed E-state index contributed by atoms with van der Waals surface area (Å²) in [6.45, 7) is 1.80. The lowest BCUT2D eigenvalue weighted by atomic mass is 9.78. The number of aliphatic hydroxyl groups is 1. The Labute approximate surface area is 222 Å². The number of carboxylic acid groups (broad SMARTS) is 1. The number of benzene rings is 2. The summed E-state index contributed by atoms with van der Waals surface area (Å²) >= 11 is 6.46. The van der Waals surface area contributed by atoms with E-state index in [0.717, 1.165) is 0 Å². The summed E-state index contributed by atoms with van der Waals surface area (Å²) in [6.07, 6.45) is 5.38. The van der Waals surface area contributed by atoms with E-state index in [4.69, 9.17) is 11.6 Å². The van der Waals surface area contributed by atoms with Crippen molar-refractivity contribution in [1.82, 2.24) is 15.0 Å². The predicted molar refractivity (Wildman–Crippen MR) is 140 cm³/mol. The molecule has 2 aromatic carbocycles. The molecule has 2 heterocycles. The molecule has 1 aliphatic rings. The average molecular weight is 539 g/mol. The Morgan fingerprint density at radius 1 is 1.08 bits per heavy atom. The highest BCUT2D eigenvalue weighted by Crippen LogP contribution is 2.39. The lowest BCUT2D eigenvalue weighted by Crippen LogP contribution is -2.35. The van der Waals surface area contributed by atoms with Crippen LogP contribution >= 0.6 is 11.6 Å². The van der Waals surface area contributed by atoms with E-state index in [2.05, 4.69) is 20.3 Å². The lowest BCUT2D eigenvalue weighted by molar-refractivity contribution is -0.145. The number of hydrogen-bond donors (Lipinski definition) is 3. The second-order valence-electron chi connectivity index (χ2n) is 9.66. The number of halogens is 3. The lowest BCUT2D eigenvalue weighted by Gasteiger charge is -2.33. The SMILES string of the molecule is CC(Nc1c(Cl)cnc2cc(F)c(-c3cnc(C4(O)CCC(C(=O)O)CC4)nc3)cc12)c1ccccc1F. The first-order valence-electron chi connectivity index (χ1n) is 12.2. The number of nitrogens with zero attached hydrogens (tertiary/aromatic N) is 3. The number of fused-ring (bicyclic) bond motifs is 1. The number of aromatic nitrogens is 3. The summed E-state index contributed by atoms with van der Waals surface area (Å²) in [7, 11) is 0. The third kappa shape index (κ3) is 4.91. The first kappa shape index (κ1) is 25.9. The fraction of sp³-hybridized carbons (Fsp3) is 0.286. The average Bonchev–Trinajstić information content (AvgIpc) is 2.90. The topological polar surface area (TPSA) is 108 Å². The largest absolute Gasteiger partial charge is 0.481 e. The van der Waals surface area contributed by atoms with E-state index in [1.165, 1.54) is 30.7 Å². The van der Waals surface area contributed by atoms with Crippen molar-refractivity contribution in [3.8, 4) is 11.1 Å². The van der Waals surface area contributed by atoms with Gasteiger partial charge >= 0.3 is 5.97 Å². The Morgan fingerprint density at radius 3 is 2.42 bits per heavy atom. The maximum absolute atomic E-state index is 15.2. The fourth-order valence-electron chi connectivity index (χ4n) is 4.95. The monoisotopic (exact) mass is 538 g/mol. The van der Waals surface area contributed by atoms with Crippen LogP contribution in [0.25, 0.3) is 22.0 Å². The number of pyridine rings is 1. The Balaban J connectivity index is 1.47. The van der Waals surface area contributed by atoms with Crippen LogP contribution in [0, 0.1) is 17.6 Å². The number of nitrogens with one attached hydrogen (secondary N) is 1. The van der Waals surface area contributed by atoms with Gasteiger partial charge in [-0.25, -0.2) is 18.7 Å². The molecule has 0 radical (unpaired) electrons. The van der Waals surface area contributed by atoms with Crippen molar-refractivity contribution in [2.45, 2.75) is 44.2 Å². The number of aliphatic carboxylic acids is 1. The molecule has 0 amide bonds. The van der Waals surface area contributed by atoms with Crippen LogP contribution in [0.1, 0.15) is 50.0 Å². The fourth-order valence-corrected chi connectivity index (χ4v) is 5.16. The molecule has 38 heavy (non-hydrogen) atoms. The van der Waals surface area contributed by atoms with Gasteiger partial charge in [0.25, 0.3) is 0 Å². The van der Waals surface area contributed by atoms with Gasteiger partial charge in [0, 0.05) is 46.7 Å². The minimum Gasteiger partial charge on any atom is -0.481 e. The van der Waals surface area contributed by atoms with Crippen molar-refractivity contribution in [3.63, 3.8) is 0 Å². The highest BCUT2D eigenvalue weighted by Gasteiger charge is 2.39. The molecule has 1 fully saturated rings. The van der Waals surface area contributed by atoms with Crippen LogP contribution in [0.3, 0.4) is 0 Å². The molecule has 7 nitrogen and oxygen atoms in total. The third-order valence-corrected chi connectivity index (χ3v) is 7.47. The first-order valence-corrected chi connectivity index (χ1v) is 12.6. The van der Waals surface area contributed by atoms with Crippen LogP contribution in [0.2, 0.25) is 5.02 Å². The van der Waals surface area contributed by atoms with E-state index in [-0.39, 0.29) is 30.0 Å². The molecule has 1 unspecified atom stereocenters. The Hall–Kier alpha value is -3.69. The van der Waals surface area contributed by atoms with Gasteiger partial charge in [0.2, 0.25) is 0 Å². The van der Waals surface area contributed by atoms with Gasteiger partial charge in [-0.1, -0.05) is 29.8 Å². The number of rotatable bonds is 6. The zero-order valence-corrected chi connectivity index (χ0v) is 21.2. The Kier molecular flexibility index (Phi) is 6.98. The molecular weight excluding hydrogens is 514 g/mol. The van der Waals surface area contributed by atoms with E-state index in [1.807, 2.05) is 0 Å². The van der Waals surface area contributed by atoms with Crippen molar-refractivity contribution < 1.29 is 23.8 Å². The molecule has 0 saturated heterocycles. The van der Waals surface area contributed by atoms with Crippen LogP contribution in [-0.2, 0) is 10.4 Å². The van der Waals surface area contributed by atoms with Crippen LogP contribution in [0.5, 0.6) is 0 Å². The van der Waals surface area contributed by atoms with Gasteiger partial charge in [-0.15, -0.1) is 0 Å². The van der Waals surface area contributed by atoms with Crippen molar-refractivity contribution in [1.29, 1.82) is 0 Å². The van der Waals surface area contributed by atoms with E-state index in [9.17, 15) is 19.4 Å². The van der Waals surface area contributed by atoms with E-state index < -0.39 is 29.3 Å². The minimum atomic E-state index is -1.33. The molecule has 1 saturated carbocycles. The van der Waals surface area contributed by atoms with E-state index in [1.54, 1.807) is 31.2 Å². The Bertz CT molecular complexity index is 1510. The zero-order chi connectivity index (χ0) is 27.0. The summed E-state index contributed by atoms with van der Waals surface area (Å²) in [5.41, 5.74) is 0.552. The van der Waals surface area contributed by atoms with Crippen molar-refractivity contribution >= 4 is 34.2 Å². The molecule has 0 aliphatic heterocycles. The summed E-state index contributed by atoms with van der Waals surface area (Å²) in [4.78, 5) is 24.1. The van der Waals surface area contributed by atoms with Crippen LogP contribution in [0.15, 0.2) is 55.0 Å². The number of hydrogen-bond acceptors (Lipinski definition) is 6. The van der Waals surface area contributed by atoms with Gasteiger partial charge in [0.15, 0.2) is 5.82 Å². The van der Waals surface area contributed by atoms with Crippen molar-refractivity contribution in [2.24, 2.45) is 5.92 Å². The molecule has 5 rings (SSSR count). The molecule has 10 heteroatoms. The van der Waals surface area contributed by atoms with Crippen molar-refractivity contribution in [2.75, 3.05) is 5.32 Å².